The van der Waals surface area contributed by atoms with Crippen LogP contribution in [0.3, 0.4) is 0 Å². The van der Waals surface area contributed by atoms with E-state index in [1.54, 1.807) is 7.11 Å². The van der Waals surface area contributed by atoms with E-state index in [0.717, 1.165) is 23.3 Å². The second-order valence-corrected chi connectivity index (χ2v) is 8.15. The highest BCUT2D eigenvalue weighted by Crippen LogP contribution is 2.33. The summed E-state index contributed by atoms with van der Waals surface area (Å²) in [5, 5.41) is 23.8. The van der Waals surface area contributed by atoms with Gasteiger partial charge in [-0.3, -0.25) is 9.69 Å². The molecule has 2 aromatic carbocycles. The Balaban J connectivity index is 1.50. The van der Waals surface area contributed by atoms with E-state index in [-0.39, 0.29) is 19.1 Å². The molecule has 0 saturated carbocycles. The Morgan fingerprint density at radius 1 is 1.17 bits per heavy atom. The predicted octanol–water partition coefficient (Wildman–Crippen LogP) is 1.64. The van der Waals surface area contributed by atoms with Gasteiger partial charge in [-0.2, -0.15) is 0 Å². The van der Waals surface area contributed by atoms with Gasteiger partial charge in [0, 0.05) is 25.0 Å². The molecule has 1 heterocycles. The molecule has 162 valence electrons. The normalized spacial score (nSPS) is 21.9. The molecule has 2 atom stereocenters. The molecule has 6 nitrogen and oxygen atoms in total. The van der Waals surface area contributed by atoms with E-state index in [1.165, 1.54) is 0 Å². The topological polar surface area (TPSA) is 82.0 Å². The maximum Gasteiger partial charge on any atom is 0.234 e. The molecule has 1 aliphatic heterocycles. The van der Waals surface area contributed by atoms with Gasteiger partial charge in [0.25, 0.3) is 0 Å². The van der Waals surface area contributed by atoms with Crippen molar-refractivity contribution in [2.24, 2.45) is 5.41 Å². The zero-order valence-electron chi connectivity index (χ0n) is 17.6. The van der Waals surface area contributed by atoms with Gasteiger partial charge in [0.2, 0.25) is 5.91 Å². The lowest BCUT2D eigenvalue weighted by Gasteiger charge is -2.45. The van der Waals surface area contributed by atoms with Gasteiger partial charge in [-0.05, 0) is 42.5 Å². The molecule has 0 aromatic heterocycles. The van der Waals surface area contributed by atoms with E-state index in [4.69, 9.17) is 4.74 Å². The Kier molecular flexibility index (Phi) is 7.85. The van der Waals surface area contributed by atoms with Crippen molar-refractivity contribution in [2.75, 3.05) is 39.9 Å². The minimum absolute atomic E-state index is 0.0357. The molecule has 1 aliphatic rings. The standard InChI is InChI=1S/C24H32N2O4/c1-30-21-9-7-19(8-10-21)11-13-25-23(29)16-26-14-12-22(28)24(17-26,18-27)15-20-5-3-2-4-6-20/h2-10,22,27-28H,11-18H2,1H3,(H,25,29)/t22-,24+/m1/s1. The number of aliphatic hydroxyl groups is 2. The van der Waals surface area contributed by atoms with Crippen LogP contribution in [0.5, 0.6) is 5.75 Å². The second kappa shape index (κ2) is 10.6. The average molecular weight is 413 g/mol. The van der Waals surface area contributed by atoms with Crippen LogP contribution in [0.15, 0.2) is 54.6 Å². The maximum atomic E-state index is 12.4. The SMILES string of the molecule is COc1ccc(CCNC(=O)CN2CC[C@@H](O)[C@@](CO)(Cc3ccccc3)C2)cc1. The number of aliphatic hydroxyl groups excluding tert-OH is 2. The van der Waals surface area contributed by atoms with E-state index >= 15 is 0 Å². The molecule has 30 heavy (non-hydrogen) atoms. The maximum absolute atomic E-state index is 12.4. The number of likely N-dealkylation sites (tertiary alicyclic amines) is 1. The fraction of sp³-hybridized carbons (Fsp3) is 0.458. The third-order valence-electron chi connectivity index (χ3n) is 5.94. The molecular formula is C24H32N2O4. The fourth-order valence-electron chi connectivity index (χ4n) is 4.16. The molecule has 3 N–H and O–H groups in total. The molecule has 1 fully saturated rings. The van der Waals surface area contributed by atoms with Gasteiger partial charge in [0.15, 0.2) is 0 Å². The minimum Gasteiger partial charge on any atom is -0.497 e. The number of hydrogen-bond acceptors (Lipinski definition) is 5. The molecule has 3 rings (SSSR count). The van der Waals surface area contributed by atoms with Gasteiger partial charge in [-0.25, -0.2) is 0 Å². The Labute approximate surface area is 178 Å². The number of carbonyl (C=O) groups excluding carboxylic acids is 1. The number of ether oxygens (including phenoxy) is 1. The Hall–Kier alpha value is -2.41. The highest BCUT2D eigenvalue weighted by molar-refractivity contribution is 5.78. The van der Waals surface area contributed by atoms with Gasteiger partial charge < -0.3 is 20.3 Å². The first kappa shape index (κ1) is 22.3. The Morgan fingerprint density at radius 3 is 2.57 bits per heavy atom. The fourth-order valence-corrected chi connectivity index (χ4v) is 4.16. The van der Waals surface area contributed by atoms with Crippen molar-refractivity contribution >= 4 is 5.91 Å². The van der Waals surface area contributed by atoms with Crippen molar-refractivity contribution in [1.29, 1.82) is 0 Å². The van der Waals surface area contributed by atoms with Crippen LogP contribution < -0.4 is 10.1 Å². The summed E-state index contributed by atoms with van der Waals surface area (Å²) >= 11 is 0. The van der Waals surface area contributed by atoms with Crippen molar-refractivity contribution in [3.05, 3.63) is 65.7 Å². The van der Waals surface area contributed by atoms with Crippen LogP contribution in [0.2, 0.25) is 0 Å². The summed E-state index contributed by atoms with van der Waals surface area (Å²) in [5.41, 5.74) is 1.57. The number of nitrogens with one attached hydrogen (secondary N) is 1. The Morgan fingerprint density at radius 2 is 1.90 bits per heavy atom. The van der Waals surface area contributed by atoms with Crippen LogP contribution in [0.25, 0.3) is 0 Å². The van der Waals surface area contributed by atoms with Gasteiger partial charge in [-0.1, -0.05) is 42.5 Å². The third-order valence-corrected chi connectivity index (χ3v) is 5.94. The van der Waals surface area contributed by atoms with Crippen LogP contribution in [-0.2, 0) is 17.6 Å². The number of methoxy groups -OCH3 is 1. The van der Waals surface area contributed by atoms with Crippen LogP contribution in [0.1, 0.15) is 17.5 Å². The van der Waals surface area contributed by atoms with Crippen LogP contribution in [0, 0.1) is 5.41 Å². The van der Waals surface area contributed by atoms with Crippen LogP contribution in [0.4, 0.5) is 0 Å². The zero-order chi connectivity index (χ0) is 21.4. The molecular weight excluding hydrogens is 380 g/mol. The van der Waals surface area contributed by atoms with E-state index in [1.807, 2.05) is 59.5 Å². The van der Waals surface area contributed by atoms with Gasteiger partial charge in [0.1, 0.15) is 5.75 Å². The van der Waals surface area contributed by atoms with Crippen LogP contribution in [-0.4, -0.2) is 67.0 Å². The summed E-state index contributed by atoms with van der Waals surface area (Å²) in [7, 11) is 1.64. The first-order valence-electron chi connectivity index (χ1n) is 10.5. The summed E-state index contributed by atoms with van der Waals surface area (Å²) in [6.45, 7) is 1.86. The zero-order valence-corrected chi connectivity index (χ0v) is 17.6. The smallest absolute Gasteiger partial charge is 0.234 e. The largest absolute Gasteiger partial charge is 0.497 e. The molecule has 1 amide bonds. The molecule has 0 spiro atoms. The van der Waals surface area contributed by atoms with Crippen molar-refractivity contribution in [2.45, 2.75) is 25.4 Å². The number of rotatable bonds is 9. The predicted molar refractivity (Wildman–Crippen MR) is 116 cm³/mol. The molecule has 0 radical (unpaired) electrons. The first-order chi connectivity index (χ1) is 14.5. The van der Waals surface area contributed by atoms with E-state index in [2.05, 4.69) is 5.32 Å². The van der Waals surface area contributed by atoms with E-state index < -0.39 is 11.5 Å². The average Bonchev–Trinajstić information content (AvgIpc) is 2.77. The van der Waals surface area contributed by atoms with Crippen molar-refractivity contribution in [3.8, 4) is 5.75 Å². The van der Waals surface area contributed by atoms with Gasteiger partial charge in [0.05, 0.1) is 26.4 Å². The molecule has 6 heteroatoms. The molecule has 0 bridgehead atoms. The lowest BCUT2D eigenvalue weighted by molar-refractivity contribution is -0.126. The monoisotopic (exact) mass is 412 g/mol. The van der Waals surface area contributed by atoms with E-state index in [9.17, 15) is 15.0 Å². The number of carbonyl (C=O) groups is 1. The molecule has 1 saturated heterocycles. The van der Waals surface area contributed by atoms with Gasteiger partial charge >= 0.3 is 0 Å². The van der Waals surface area contributed by atoms with Crippen molar-refractivity contribution in [1.82, 2.24) is 10.2 Å². The number of benzene rings is 2. The molecule has 2 aromatic rings. The molecule has 0 aliphatic carbocycles. The molecule has 0 unspecified atom stereocenters. The summed E-state index contributed by atoms with van der Waals surface area (Å²) in [5.74, 6) is 0.782. The second-order valence-electron chi connectivity index (χ2n) is 8.15. The number of piperidine rings is 1. The third kappa shape index (κ3) is 5.81. The summed E-state index contributed by atoms with van der Waals surface area (Å²) in [4.78, 5) is 14.5. The lowest BCUT2D eigenvalue weighted by atomic mass is 9.73. The first-order valence-corrected chi connectivity index (χ1v) is 10.5. The highest BCUT2D eigenvalue weighted by atomic mass is 16.5. The van der Waals surface area contributed by atoms with Gasteiger partial charge in [-0.15, -0.1) is 0 Å². The van der Waals surface area contributed by atoms with Crippen molar-refractivity contribution < 1.29 is 19.7 Å². The quantitative estimate of drug-likeness (QED) is 0.583. The lowest BCUT2D eigenvalue weighted by Crippen LogP contribution is -2.56. The summed E-state index contributed by atoms with van der Waals surface area (Å²) in [6, 6.07) is 17.7. The minimum atomic E-state index is -0.650. The number of nitrogens with zero attached hydrogens (tertiary/aromatic N) is 1. The number of hydrogen-bond donors (Lipinski definition) is 3. The number of amides is 1. The highest BCUT2D eigenvalue weighted by Gasteiger charge is 2.42. The van der Waals surface area contributed by atoms with E-state index in [0.29, 0.717) is 32.5 Å². The van der Waals surface area contributed by atoms with Crippen molar-refractivity contribution in [3.63, 3.8) is 0 Å². The summed E-state index contributed by atoms with van der Waals surface area (Å²) < 4.78 is 5.16. The Bertz CT molecular complexity index is 797. The van der Waals surface area contributed by atoms with Crippen LogP contribution >= 0.6 is 0 Å². The summed E-state index contributed by atoms with van der Waals surface area (Å²) in [6.07, 6.45) is 1.30.